The van der Waals surface area contributed by atoms with Crippen LogP contribution in [0.25, 0.3) is 0 Å². The lowest BCUT2D eigenvalue weighted by atomic mass is 10.3. The lowest BCUT2D eigenvalue weighted by Crippen LogP contribution is -2.20. The molecule has 58 valence electrons. The van der Waals surface area contributed by atoms with Crippen molar-refractivity contribution in [2.45, 2.75) is 11.5 Å². The van der Waals surface area contributed by atoms with Gasteiger partial charge >= 0.3 is 6.11 Å². The van der Waals surface area contributed by atoms with Gasteiger partial charge in [-0.3, -0.25) is 4.74 Å². The maximum absolute atomic E-state index is 12.5. The Balaban J connectivity index is 2.76. The molecule has 0 saturated carbocycles. The van der Waals surface area contributed by atoms with E-state index in [0.29, 0.717) is 0 Å². The molecule has 1 unspecified atom stereocenters. The van der Waals surface area contributed by atoms with E-state index in [-0.39, 0.29) is 11.3 Å². The summed E-state index contributed by atoms with van der Waals surface area (Å²) in [5, 5.41) is 0. The molecule has 1 aliphatic heterocycles. The highest BCUT2D eigenvalue weighted by atomic mass is 32.1. The topological polar surface area (TPSA) is 9.23 Å². The highest BCUT2D eigenvalue weighted by Crippen LogP contribution is 2.35. The number of hydrogen-bond acceptors (Lipinski definition) is 3. The monoisotopic (exact) mass is 184 g/mol. The summed E-state index contributed by atoms with van der Waals surface area (Å²) in [7, 11) is 0. The van der Waals surface area contributed by atoms with Gasteiger partial charge in [-0.2, -0.15) is 21.4 Å². The molecule has 0 amide bonds. The first kappa shape index (κ1) is 8.36. The third-order valence-corrected chi connectivity index (χ3v) is 1.75. The van der Waals surface area contributed by atoms with E-state index in [4.69, 9.17) is 0 Å². The minimum atomic E-state index is -3.16. The second-order valence-electron chi connectivity index (χ2n) is 1.88. The summed E-state index contributed by atoms with van der Waals surface area (Å²) in [5.41, 5.74) is -0.909. The second kappa shape index (κ2) is 2.71. The Morgan fingerprint density at radius 2 is 2.30 bits per heavy atom. The molecule has 0 spiro atoms. The molecule has 1 nitrogen and oxygen atoms in total. The van der Waals surface area contributed by atoms with Crippen LogP contribution in [0.1, 0.15) is 0 Å². The summed E-state index contributed by atoms with van der Waals surface area (Å²) in [6, 6.07) is 0. The SMILES string of the molecule is FC1(F)OC(S)C=C1CS. The summed E-state index contributed by atoms with van der Waals surface area (Å²) in [6.07, 6.45) is -1.90. The average Bonchev–Trinajstić information content (AvgIpc) is 2.04. The fourth-order valence-electron chi connectivity index (χ4n) is 0.675. The zero-order valence-electron chi connectivity index (χ0n) is 4.92. The Morgan fingerprint density at radius 1 is 1.70 bits per heavy atom. The van der Waals surface area contributed by atoms with Crippen LogP contribution in [-0.2, 0) is 4.74 Å². The van der Waals surface area contributed by atoms with E-state index in [2.05, 4.69) is 30.0 Å². The first-order chi connectivity index (χ1) is 4.56. The van der Waals surface area contributed by atoms with Crippen LogP contribution in [0.5, 0.6) is 0 Å². The van der Waals surface area contributed by atoms with Gasteiger partial charge in [0.05, 0.1) is 0 Å². The van der Waals surface area contributed by atoms with E-state index in [1.807, 2.05) is 0 Å². The molecule has 0 aromatic carbocycles. The minimum Gasteiger partial charge on any atom is -0.298 e. The van der Waals surface area contributed by atoms with Gasteiger partial charge in [-0.25, -0.2) is 0 Å². The van der Waals surface area contributed by atoms with Gasteiger partial charge in [0.15, 0.2) is 0 Å². The van der Waals surface area contributed by atoms with Gasteiger partial charge in [0.25, 0.3) is 0 Å². The lowest BCUT2D eigenvalue weighted by molar-refractivity contribution is -0.194. The molecule has 0 N–H and O–H groups in total. The average molecular weight is 184 g/mol. The molecule has 5 heteroatoms. The van der Waals surface area contributed by atoms with Crippen molar-refractivity contribution in [1.82, 2.24) is 0 Å². The molecule has 0 bridgehead atoms. The van der Waals surface area contributed by atoms with Crippen molar-refractivity contribution in [1.29, 1.82) is 0 Å². The predicted octanol–water partition coefficient (Wildman–Crippen LogP) is 1.72. The number of hydrogen-bond donors (Lipinski definition) is 2. The summed E-state index contributed by atoms with van der Waals surface area (Å²) >= 11 is 7.41. The molecule has 0 aromatic heterocycles. The Bertz CT molecular complexity index is 169. The van der Waals surface area contributed by atoms with Gasteiger partial charge in [-0.15, -0.1) is 12.6 Å². The Hall–Kier alpha value is 0.260. The van der Waals surface area contributed by atoms with Crippen LogP contribution < -0.4 is 0 Å². The minimum absolute atomic E-state index is 0.00403. The standard InChI is InChI=1S/C5H6F2OS2/c6-5(7)3(2-9)1-4(10)8-5/h1,4,9-10H,2H2. The van der Waals surface area contributed by atoms with E-state index in [1.54, 1.807) is 0 Å². The fourth-order valence-corrected chi connectivity index (χ4v) is 1.28. The van der Waals surface area contributed by atoms with Crippen LogP contribution >= 0.6 is 25.3 Å². The second-order valence-corrected chi connectivity index (χ2v) is 2.70. The molecule has 0 saturated heterocycles. The molecule has 0 radical (unpaired) electrons. The zero-order chi connectivity index (χ0) is 7.78. The molecule has 0 fully saturated rings. The number of alkyl halides is 2. The smallest absolute Gasteiger partial charge is 0.298 e. The Kier molecular flexibility index (Phi) is 2.27. The Morgan fingerprint density at radius 3 is 2.50 bits per heavy atom. The largest absolute Gasteiger partial charge is 0.381 e. The van der Waals surface area contributed by atoms with Gasteiger partial charge in [0, 0.05) is 11.3 Å². The summed E-state index contributed by atoms with van der Waals surface area (Å²) in [4.78, 5) is 0. The van der Waals surface area contributed by atoms with Gasteiger partial charge < -0.3 is 0 Å². The third-order valence-electron chi connectivity index (χ3n) is 1.16. The van der Waals surface area contributed by atoms with E-state index >= 15 is 0 Å². The highest BCUT2D eigenvalue weighted by molar-refractivity contribution is 7.81. The van der Waals surface area contributed by atoms with Gasteiger partial charge in [0.2, 0.25) is 0 Å². The predicted molar refractivity (Wildman–Crippen MR) is 40.7 cm³/mol. The number of thiol groups is 2. The van der Waals surface area contributed by atoms with Crippen LogP contribution in [0.15, 0.2) is 11.6 Å². The molecule has 0 aromatic rings. The number of halogens is 2. The highest BCUT2D eigenvalue weighted by Gasteiger charge is 2.41. The fraction of sp³-hybridized carbons (Fsp3) is 0.600. The lowest BCUT2D eigenvalue weighted by Gasteiger charge is -2.11. The molecule has 1 heterocycles. The Labute approximate surface area is 68.3 Å². The molecule has 1 rings (SSSR count). The maximum atomic E-state index is 12.5. The maximum Gasteiger partial charge on any atom is 0.381 e. The van der Waals surface area contributed by atoms with Gasteiger partial charge in [-0.1, -0.05) is 0 Å². The van der Waals surface area contributed by atoms with Crippen molar-refractivity contribution in [2.24, 2.45) is 0 Å². The van der Waals surface area contributed by atoms with Crippen molar-refractivity contribution in [3.05, 3.63) is 11.6 Å². The van der Waals surface area contributed by atoms with Gasteiger partial charge in [-0.05, 0) is 6.08 Å². The van der Waals surface area contributed by atoms with Crippen LogP contribution in [0.4, 0.5) is 8.78 Å². The summed E-state index contributed by atoms with van der Waals surface area (Å²) < 4.78 is 29.1. The molecule has 10 heavy (non-hydrogen) atoms. The first-order valence-electron chi connectivity index (χ1n) is 2.62. The quantitative estimate of drug-likeness (QED) is 0.466. The van der Waals surface area contributed by atoms with E-state index in [0.717, 1.165) is 0 Å². The summed E-state index contributed by atoms with van der Waals surface area (Å²) in [5.74, 6) is 0.00403. The van der Waals surface area contributed by atoms with Crippen LogP contribution in [0.3, 0.4) is 0 Å². The van der Waals surface area contributed by atoms with Crippen molar-refractivity contribution in [2.75, 3.05) is 5.75 Å². The van der Waals surface area contributed by atoms with Crippen LogP contribution in [0, 0.1) is 0 Å². The molecular weight excluding hydrogens is 178 g/mol. The number of ether oxygens (including phenoxy) is 1. The molecular formula is C5H6F2OS2. The van der Waals surface area contributed by atoms with Crippen molar-refractivity contribution in [3.63, 3.8) is 0 Å². The van der Waals surface area contributed by atoms with Crippen LogP contribution in [0.2, 0.25) is 0 Å². The normalized spacial score (nSPS) is 30.4. The first-order valence-corrected chi connectivity index (χ1v) is 3.77. The van der Waals surface area contributed by atoms with E-state index in [1.165, 1.54) is 6.08 Å². The van der Waals surface area contributed by atoms with Gasteiger partial charge in [0.1, 0.15) is 5.44 Å². The summed E-state index contributed by atoms with van der Waals surface area (Å²) in [6.45, 7) is 0. The van der Waals surface area contributed by atoms with E-state index < -0.39 is 11.5 Å². The van der Waals surface area contributed by atoms with Crippen molar-refractivity contribution >= 4 is 25.3 Å². The van der Waals surface area contributed by atoms with E-state index in [9.17, 15) is 8.78 Å². The molecule has 0 aliphatic carbocycles. The number of rotatable bonds is 1. The van der Waals surface area contributed by atoms with Crippen molar-refractivity contribution in [3.8, 4) is 0 Å². The molecule has 1 aliphatic rings. The van der Waals surface area contributed by atoms with Crippen LogP contribution in [-0.4, -0.2) is 17.3 Å². The van der Waals surface area contributed by atoms with Crippen molar-refractivity contribution < 1.29 is 13.5 Å². The zero-order valence-corrected chi connectivity index (χ0v) is 6.71. The molecule has 1 atom stereocenters. The third kappa shape index (κ3) is 1.46.